The lowest BCUT2D eigenvalue weighted by molar-refractivity contribution is -0.136. The van der Waals surface area contributed by atoms with Gasteiger partial charge in [0.05, 0.1) is 6.54 Å². The van der Waals surface area contributed by atoms with E-state index in [0.717, 1.165) is 38.2 Å². The lowest BCUT2D eigenvalue weighted by Gasteiger charge is -2.30. The number of benzene rings is 1. The van der Waals surface area contributed by atoms with Crippen LogP contribution in [0.15, 0.2) is 41.8 Å². The van der Waals surface area contributed by atoms with Gasteiger partial charge in [-0.3, -0.25) is 4.79 Å². The topological polar surface area (TPSA) is 32.8 Å². The summed E-state index contributed by atoms with van der Waals surface area (Å²) in [5, 5.41) is 2.10. The van der Waals surface area contributed by atoms with Crippen LogP contribution in [-0.4, -0.2) is 48.0 Å². The maximum absolute atomic E-state index is 13.0. The molecule has 0 N–H and O–H groups in total. The highest BCUT2D eigenvalue weighted by atomic mass is 32.1. The van der Waals surface area contributed by atoms with Crippen molar-refractivity contribution < 1.29 is 9.53 Å². The Morgan fingerprint density at radius 3 is 2.46 bits per heavy atom. The van der Waals surface area contributed by atoms with Crippen molar-refractivity contribution in [2.45, 2.75) is 53.1 Å². The molecule has 0 aliphatic carbocycles. The normalized spacial score (nSPS) is 12.2. The highest BCUT2D eigenvalue weighted by Crippen LogP contribution is 2.21. The van der Waals surface area contributed by atoms with Crippen LogP contribution in [0.2, 0.25) is 0 Å². The predicted octanol–water partition coefficient (Wildman–Crippen LogP) is 4.97. The molecule has 1 unspecified atom stereocenters. The third-order valence-corrected chi connectivity index (χ3v) is 6.24. The van der Waals surface area contributed by atoms with Gasteiger partial charge in [-0.2, -0.15) is 0 Å². The second kappa shape index (κ2) is 11.9. The summed E-state index contributed by atoms with van der Waals surface area (Å²) >= 11 is 1.72. The van der Waals surface area contributed by atoms with Crippen LogP contribution in [0.1, 0.15) is 44.1 Å². The van der Waals surface area contributed by atoms with Gasteiger partial charge in [0.1, 0.15) is 5.75 Å². The fraction of sp³-hybridized carbons (Fsp3) is 0.522. The van der Waals surface area contributed by atoms with Gasteiger partial charge in [0.25, 0.3) is 5.91 Å². The fourth-order valence-electron chi connectivity index (χ4n) is 3.26. The molecule has 0 saturated carbocycles. The van der Waals surface area contributed by atoms with E-state index in [2.05, 4.69) is 44.0 Å². The van der Waals surface area contributed by atoms with Crippen molar-refractivity contribution in [3.8, 4) is 5.75 Å². The minimum absolute atomic E-state index is 0.0481. The molecule has 4 nitrogen and oxygen atoms in total. The van der Waals surface area contributed by atoms with Crippen LogP contribution in [0.5, 0.6) is 5.75 Å². The Hall–Kier alpha value is -1.85. The molecule has 0 radical (unpaired) electrons. The SMILES string of the molecule is CCN(CC)CCCC(C)N(Cc1sccc1C)C(=O)COc1ccccc1. The number of hydrogen-bond acceptors (Lipinski definition) is 4. The summed E-state index contributed by atoms with van der Waals surface area (Å²) in [4.78, 5) is 18.7. The van der Waals surface area contributed by atoms with E-state index in [-0.39, 0.29) is 18.6 Å². The van der Waals surface area contributed by atoms with Gasteiger partial charge in [-0.25, -0.2) is 0 Å². The molecule has 0 aliphatic heterocycles. The molecule has 1 amide bonds. The Bertz CT molecular complexity index is 698. The molecule has 5 heteroatoms. The Labute approximate surface area is 174 Å². The highest BCUT2D eigenvalue weighted by molar-refractivity contribution is 7.10. The first-order valence-corrected chi connectivity index (χ1v) is 11.2. The Morgan fingerprint density at radius 1 is 1.14 bits per heavy atom. The van der Waals surface area contributed by atoms with Gasteiger partial charge in [0.2, 0.25) is 0 Å². The second-order valence-electron chi connectivity index (χ2n) is 7.17. The second-order valence-corrected chi connectivity index (χ2v) is 8.17. The molecule has 0 aliphatic rings. The van der Waals surface area contributed by atoms with E-state index in [9.17, 15) is 4.79 Å². The fourth-order valence-corrected chi connectivity index (χ4v) is 4.17. The van der Waals surface area contributed by atoms with E-state index in [1.165, 1.54) is 10.4 Å². The largest absolute Gasteiger partial charge is 0.484 e. The molecule has 2 aromatic rings. The summed E-state index contributed by atoms with van der Waals surface area (Å²) in [6, 6.07) is 11.9. The maximum Gasteiger partial charge on any atom is 0.261 e. The van der Waals surface area contributed by atoms with Crippen LogP contribution >= 0.6 is 11.3 Å². The van der Waals surface area contributed by atoms with Gasteiger partial charge >= 0.3 is 0 Å². The van der Waals surface area contributed by atoms with Crippen molar-refractivity contribution in [2.24, 2.45) is 0 Å². The molecule has 154 valence electrons. The van der Waals surface area contributed by atoms with Crippen molar-refractivity contribution in [2.75, 3.05) is 26.2 Å². The number of carbonyl (C=O) groups excluding carboxylic acids is 1. The van der Waals surface area contributed by atoms with Crippen molar-refractivity contribution >= 4 is 17.2 Å². The van der Waals surface area contributed by atoms with Crippen LogP contribution in [0, 0.1) is 6.92 Å². The molecule has 0 saturated heterocycles. The van der Waals surface area contributed by atoms with Gasteiger partial charge in [-0.15, -0.1) is 11.3 Å². The van der Waals surface area contributed by atoms with E-state index in [1.807, 2.05) is 35.2 Å². The highest BCUT2D eigenvalue weighted by Gasteiger charge is 2.22. The van der Waals surface area contributed by atoms with E-state index in [1.54, 1.807) is 11.3 Å². The molecular formula is C23H34N2O2S. The Balaban J connectivity index is 1.98. The van der Waals surface area contributed by atoms with Crippen molar-refractivity contribution in [3.63, 3.8) is 0 Å². The Kier molecular flexibility index (Phi) is 9.51. The molecule has 0 bridgehead atoms. The molecular weight excluding hydrogens is 368 g/mol. The zero-order chi connectivity index (χ0) is 20.4. The zero-order valence-electron chi connectivity index (χ0n) is 17.7. The third-order valence-electron chi connectivity index (χ3n) is 5.23. The lowest BCUT2D eigenvalue weighted by atomic mass is 10.1. The van der Waals surface area contributed by atoms with Crippen LogP contribution < -0.4 is 4.74 Å². The van der Waals surface area contributed by atoms with Crippen molar-refractivity contribution in [3.05, 3.63) is 52.2 Å². The van der Waals surface area contributed by atoms with Crippen molar-refractivity contribution in [1.82, 2.24) is 9.80 Å². The summed E-state index contributed by atoms with van der Waals surface area (Å²) in [5.41, 5.74) is 1.25. The average molecular weight is 403 g/mol. The van der Waals surface area contributed by atoms with Gasteiger partial charge in [0, 0.05) is 10.9 Å². The number of rotatable bonds is 12. The smallest absolute Gasteiger partial charge is 0.261 e. The van der Waals surface area contributed by atoms with E-state index in [0.29, 0.717) is 6.54 Å². The maximum atomic E-state index is 13.0. The minimum atomic E-state index is 0.0481. The van der Waals surface area contributed by atoms with Crippen LogP contribution in [0.3, 0.4) is 0 Å². The standard InChI is InChI=1S/C23H34N2O2S/c1-5-24(6-2)15-10-11-20(4)25(17-22-19(3)14-16-28-22)23(26)18-27-21-12-8-7-9-13-21/h7-9,12-14,16,20H,5-6,10-11,15,17-18H2,1-4H3. The number of ether oxygens (including phenoxy) is 1. The summed E-state index contributed by atoms with van der Waals surface area (Å²) in [6.45, 7) is 12.6. The van der Waals surface area contributed by atoms with E-state index in [4.69, 9.17) is 4.74 Å². The van der Waals surface area contributed by atoms with Crippen LogP contribution in [-0.2, 0) is 11.3 Å². The molecule has 1 aromatic heterocycles. The molecule has 1 atom stereocenters. The lowest BCUT2D eigenvalue weighted by Crippen LogP contribution is -2.41. The van der Waals surface area contributed by atoms with Crippen molar-refractivity contribution in [1.29, 1.82) is 0 Å². The molecule has 28 heavy (non-hydrogen) atoms. The molecule has 1 aromatic carbocycles. The summed E-state index contributed by atoms with van der Waals surface area (Å²) in [6.07, 6.45) is 2.09. The summed E-state index contributed by atoms with van der Waals surface area (Å²) in [5.74, 6) is 0.782. The van der Waals surface area contributed by atoms with Gasteiger partial charge < -0.3 is 14.5 Å². The first-order chi connectivity index (χ1) is 13.5. The van der Waals surface area contributed by atoms with Gasteiger partial charge in [-0.05, 0) is 75.5 Å². The number of carbonyl (C=O) groups is 1. The first-order valence-electron chi connectivity index (χ1n) is 10.3. The van der Waals surface area contributed by atoms with Gasteiger partial charge in [-0.1, -0.05) is 32.0 Å². The third kappa shape index (κ3) is 6.95. The predicted molar refractivity (Wildman–Crippen MR) is 118 cm³/mol. The van der Waals surface area contributed by atoms with Crippen LogP contribution in [0.25, 0.3) is 0 Å². The number of nitrogens with zero attached hydrogens (tertiary/aromatic N) is 2. The summed E-state index contributed by atoms with van der Waals surface area (Å²) < 4.78 is 5.73. The Morgan fingerprint density at radius 2 is 1.86 bits per heavy atom. The number of hydrogen-bond donors (Lipinski definition) is 0. The number of para-hydroxylation sites is 1. The molecule has 2 rings (SSSR count). The molecule has 0 spiro atoms. The average Bonchev–Trinajstić information content (AvgIpc) is 3.12. The minimum Gasteiger partial charge on any atom is -0.484 e. The van der Waals surface area contributed by atoms with E-state index >= 15 is 0 Å². The molecule has 1 heterocycles. The van der Waals surface area contributed by atoms with Gasteiger partial charge in [0.15, 0.2) is 6.61 Å². The first kappa shape index (κ1) is 22.4. The van der Waals surface area contributed by atoms with E-state index < -0.39 is 0 Å². The number of aryl methyl sites for hydroxylation is 1. The number of thiophene rings is 1. The monoisotopic (exact) mass is 402 g/mol. The van der Waals surface area contributed by atoms with Crippen LogP contribution in [0.4, 0.5) is 0 Å². The quantitative estimate of drug-likeness (QED) is 0.502. The zero-order valence-corrected chi connectivity index (χ0v) is 18.5. The molecule has 0 fully saturated rings. The number of amides is 1. The summed E-state index contributed by atoms with van der Waals surface area (Å²) in [7, 11) is 0.